The number of carbonyl (C=O) groups is 2. The summed E-state index contributed by atoms with van der Waals surface area (Å²) in [5.41, 5.74) is -1.20. The molecular weight excluding hydrogens is 292 g/mol. The molecule has 2 N–H and O–H groups in total. The van der Waals surface area contributed by atoms with Gasteiger partial charge in [0.05, 0.1) is 11.0 Å². The molecular formula is C19H30O4. The van der Waals surface area contributed by atoms with E-state index in [9.17, 15) is 19.8 Å². The van der Waals surface area contributed by atoms with Crippen LogP contribution in [0.5, 0.6) is 0 Å². The topological polar surface area (TPSA) is 74.6 Å². The van der Waals surface area contributed by atoms with Crippen molar-refractivity contribution in [3.63, 3.8) is 0 Å². The maximum atomic E-state index is 11.9. The lowest BCUT2D eigenvalue weighted by atomic mass is 9.44. The van der Waals surface area contributed by atoms with Gasteiger partial charge in [0.2, 0.25) is 0 Å². The Morgan fingerprint density at radius 1 is 1.26 bits per heavy atom. The lowest BCUT2D eigenvalue weighted by Gasteiger charge is -2.60. The number of allylic oxidation sites excluding steroid dienone is 1. The molecule has 2 aliphatic carbocycles. The van der Waals surface area contributed by atoms with E-state index in [-0.39, 0.29) is 17.3 Å². The Hall–Kier alpha value is -1.16. The van der Waals surface area contributed by atoms with Crippen molar-refractivity contribution in [2.45, 2.75) is 71.3 Å². The molecule has 5 atom stereocenters. The van der Waals surface area contributed by atoms with E-state index in [4.69, 9.17) is 0 Å². The van der Waals surface area contributed by atoms with Gasteiger partial charge in [0, 0.05) is 0 Å². The first-order valence-electron chi connectivity index (χ1n) is 8.66. The summed E-state index contributed by atoms with van der Waals surface area (Å²) in [4.78, 5) is 22.8. The minimum atomic E-state index is -0.814. The van der Waals surface area contributed by atoms with Crippen molar-refractivity contribution in [1.29, 1.82) is 0 Å². The van der Waals surface area contributed by atoms with Gasteiger partial charge in [-0.3, -0.25) is 9.59 Å². The van der Waals surface area contributed by atoms with Crippen molar-refractivity contribution in [3.05, 3.63) is 12.2 Å². The minimum absolute atomic E-state index is 0.00979. The Morgan fingerprint density at radius 2 is 1.91 bits per heavy atom. The number of carbonyl (C=O) groups excluding carboxylic acids is 1. The Labute approximate surface area is 139 Å². The van der Waals surface area contributed by atoms with Crippen LogP contribution in [0.1, 0.15) is 65.7 Å². The van der Waals surface area contributed by atoms with Crippen molar-refractivity contribution < 1.29 is 19.8 Å². The van der Waals surface area contributed by atoms with Crippen LogP contribution >= 0.6 is 0 Å². The maximum absolute atomic E-state index is 11.9. The second-order valence-electron chi connectivity index (χ2n) is 8.40. The van der Waals surface area contributed by atoms with Gasteiger partial charge in [-0.1, -0.05) is 19.9 Å². The molecule has 0 radical (unpaired) electrons. The molecule has 0 amide bonds. The quantitative estimate of drug-likeness (QED) is 0.599. The van der Waals surface area contributed by atoms with Gasteiger partial charge >= 0.3 is 5.97 Å². The number of hydrogen-bond donors (Lipinski definition) is 2. The van der Waals surface area contributed by atoms with E-state index in [2.05, 4.69) is 13.5 Å². The molecule has 23 heavy (non-hydrogen) atoms. The summed E-state index contributed by atoms with van der Waals surface area (Å²) in [5, 5.41) is 20.8. The van der Waals surface area contributed by atoms with Crippen LogP contribution < -0.4 is 0 Å². The van der Waals surface area contributed by atoms with Crippen LogP contribution in [0.4, 0.5) is 0 Å². The number of carboxylic acid groups (broad SMARTS) is 1. The second kappa shape index (κ2) is 6.04. The van der Waals surface area contributed by atoms with Gasteiger partial charge in [-0.15, -0.1) is 0 Å². The number of carboxylic acids is 1. The molecule has 2 fully saturated rings. The van der Waals surface area contributed by atoms with Crippen molar-refractivity contribution in [3.8, 4) is 0 Å². The molecule has 0 spiro atoms. The van der Waals surface area contributed by atoms with E-state index in [1.807, 2.05) is 13.8 Å². The number of hydrogen-bond acceptors (Lipinski definition) is 3. The zero-order valence-electron chi connectivity index (χ0n) is 14.6. The summed E-state index contributed by atoms with van der Waals surface area (Å²) in [5.74, 6) is -0.661. The molecule has 2 saturated carbocycles. The number of aliphatic hydroxyl groups is 1. The predicted molar refractivity (Wildman–Crippen MR) is 89.0 cm³/mol. The first-order valence-corrected chi connectivity index (χ1v) is 8.66. The van der Waals surface area contributed by atoms with Gasteiger partial charge in [0.1, 0.15) is 6.29 Å². The summed E-state index contributed by atoms with van der Waals surface area (Å²) < 4.78 is 0. The highest BCUT2D eigenvalue weighted by Gasteiger charge is 2.60. The molecule has 0 heterocycles. The molecule has 0 aromatic carbocycles. The summed E-state index contributed by atoms with van der Waals surface area (Å²) >= 11 is 0. The molecule has 0 saturated heterocycles. The summed E-state index contributed by atoms with van der Waals surface area (Å²) in [7, 11) is 0. The largest absolute Gasteiger partial charge is 0.481 e. The van der Waals surface area contributed by atoms with Crippen molar-refractivity contribution >= 4 is 12.3 Å². The number of fused-ring (bicyclic) bond motifs is 1. The van der Waals surface area contributed by atoms with Crippen LogP contribution in [-0.2, 0) is 9.59 Å². The van der Waals surface area contributed by atoms with Crippen LogP contribution in [0, 0.1) is 22.7 Å². The number of rotatable bonds is 5. The monoisotopic (exact) mass is 322 g/mol. The lowest BCUT2D eigenvalue weighted by molar-refractivity contribution is -0.190. The summed E-state index contributed by atoms with van der Waals surface area (Å²) in [6.45, 7) is 9.64. The third-order valence-electron chi connectivity index (χ3n) is 6.87. The fourth-order valence-corrected chi connectivity index (χ4v) is 5.58. The van der Waals surface area contributed by atoms with Crippen LogP contribution in [0.25, 0.3) is 0 Å². The first kappa shape index (κ1) is 18.2. The molecule has 0 bridgehead atoms. The Kier molecular flexibility index (Phi) is 4.78. The van der Waals surface area contributed by atoms with Crippen LogP contribution in [0.15, 0.2) is 12.2 Å². The molecule has 130 valence electrons. The van der Waals surface area contributed by atoms with Crippen molar-refractivity contribution in [2.24, 2.45) is 22.7 Å². The summed E-state index contributed by atoms with van der Waals surface area (Å²) in [6, 6.07) is 0. The molecule has 0 aromatic heterocycles. The molecule has 4 heteroatoms. The first-order chi connectivity index (χ1) is 10.6. The fourth-order valence-electron chi connectivity index (χ4n) is 5.58. The third-order valence-corrected chi connectivity index (χ3v) is 6.87. The van der Waals surface area contributed by atoms with Crippen molar-refractivity contribution in [2.75, 3.05) is 0 Å². The van der Waals surface area contributed by atoms with Crippen LogP contribution in [-0.4, -0.2) is 28.1 Å². The van der Waals surface area contributed by atoms with Crippen molar-refractivity contribution in [1.82, 2.24) is 0 Å². The highest BCUT2D eigenvalue weighted by atomic mass is 16.4. The van der Waals surface area contributed by atoms with Gasteiger partial charge in [0.25, 0.3) is 0 Å². The van der Waals surface area contributed by atoms with Gasteiger partial charge in [-0.05, 0) is 75.2 Å². The Bertz CT molecular complexity index is 509. The van der Waals surface area contributed by atoms with Gasteiger partial charge < -0.3 is 10.2 Å². The van der Waals surface area contributed by atoms with Gasteiger partial charge in [0.15, 0.2) is 0 Å². The van der Waals surface area contributed by atoms with Gasteiger partial charge in [-0.2, -0.15) is 0 Å². The molecule has 0 aliphatic heterocycles. The second-order valence-corrected chi connectivity index (χ2v) is 8.40. The Morgan fingerprint density at radius 3 is 2.48 bits per heavy atom. The van der Waals surface area contributed by atoms with Crippen LogP contribution in [0.2, 0.25) is 0 Å². The van der Waals surface area contributed by atoms with E-state index < -0.39 is 17.0 Å². The van der Waals surface area contributed by atoms with E-state index in [0.717, 1.165) is 25.5 Å². The van der Waals surface area contributed by atoms with E-state index in [1.165, 1.54) is 0 Å². The summed E-state index contributed by atoms with van der Waals surface area (Å²) in [6.07, 6.45) is 5.92. The fraction of sp³-hybridized carbons (Fsp3) is 0.789. The standard InChI is InChI=1S/C19H30O4/c1-13(12-20)6-7-15-17(2)9-5-10-18(3,16(21)22)14(17)8-11-19(15,4)23/h12,14-15,23H,1,5-11H2,2-4H3,(H,21,22). The highest BCUT2D eigenvalue weighted by molar-refractivity contribution is 5.75. The van der Waals surface area contributed by atoms with E-state index in [1.54, 1.807) is 0 Å². The third kappa shape index (κ3) is 2.98. The smallest absolute Gasteiger partial charge is 0.309 e. The SMILES string of the molecule is C=C(C=O)CCC1C(C)(O)CCC2C(C)(C(=O)O)CCCC12C. The zero-order valence-corrected chi connectivity index (χ0v) is 14.6. The Balaban J connectivity index is 2.36. The van der Waals surface area contributed by atoms with Crippen LogP contribution in [0.3, 0.4) is 0 Å². The molecule has 2 aliphatic rings. The van der Waals surface area contributed by atoms with E-state index >= 15 is 0 Å². The average molecular weight is 322 g/mol. The van der Waals surface area contributed by atoms with Gasteiger partial charge in [-0.25, -0.2) is 0 Å². The molecule has 5 unspecified atom stereocenters. The number of aldehydes is 1. The number of aliphatic carboxylic acids is 1. The maximum Gasteiger partial charge on any atom is 0.309 e. The predicted octanol–water partition coefficient (Wildman–Crippen LogP) is 3.58. The minimum Gasteiger partial charge on any atom is -0.481 e. The lowest BCUT2D eigenvalue weighted by Crippen LogP contribution is -2.59. The average Bonchev–Trinajstić information content (AvgIpc) is 2.45. The molecule has 2 rings (SSSR count). The van der Waals surface area contributed by atoms with E-state index in [0.29, 0.717) is 31.3 Å². The molecule has 4 nitrogen and oxygen atoms in total. The highest BCUT2D eigenvalue weighted by Crippen LogP contribution is 2.63. The normalized spacial score (nSPS) is 43.5. The zero-order chi connectivity index (χ0) is 17.5. The molecule has 0 aromatic rings.